The van der Waals surface area contributed by atoms with E-state index < -0.39 is 0 Å². The van der Waals surface area contributed by atoms with E-state index in [0.29, 0.717) is 31.7 Å². The molecular formula is C15H21N3O3S2. The predicted molar refractivity (Wildman–Crippen MR) is 96.1 cm³/mol. The Morgan fingerprint density at radius 3 is 1.78 bits per heavy atom. The lowest BCUT2D eigenvalue weighted by Gasteiger charge is -2.23. The van der Waals surface area contributed by atoms with Crippen LogP contribution < -0.4 is 10.6 Å². The minimum Gasteiger partial charge on any atom is -0.354 e. The quantitative estimate of drug-likeness (QED) is 0.479. The summed E-state index contributed by atoms with van der Waals surface area (Å²) in [5.41, 5.74) is 0.563. The molecule has 2 N–H and O–H groups in total. The van der Waals surface area contributed by atoms with E-state index in [0.717, 1.165) is 0 Å². The van der Waals surface area contributed by atoms with Crippen LogP contribution in [0.3, 0.4) is 0 Å². The number of hydrogen-bond donors (Lipinski definition) is 4. The van der Waals surface area contributed by atoms with Gasteiger partial charge in [-0.3, -0.25) is 14.4 Å². The van der Waals surface area contributed by atoms with Crippen molar-refractivity contribution in [3.8, 4) is 0 Å². The molecule has 1 rings (SSSR count). The van der Waals surface area contributed by atoms with Crippen LogP contribution in [0.5, 0.6) is 0 Å². The first-order valence-corrected chi connectivity index (χ1v) is 8.44. The molecule has 126 valence electrons. The number of thiol groups is 2. The van der Waals surface area contributed by atoms with Gasteiger partial charge in [-0.2, -0.15) is 25.3 Å². The normalized spacial score (nSPS) is 10.0. The first-order valence-electron chi connectivity index (χ1n) is 7.18. The molecule has 0 saturated heterocycles. The van der Waals surface area contributed by atoms with Crippen LogP contribution in [-0.2, 0) is 9.59 Å². The fourth-order valence-corrected chi connectivity index (χ4v) is 2.07. The Kier molecular flexibility index (Phi) is 9.23. The molecule has 0 atom stereocenters. The van der Waals surface area contributed by atoms with Crippen molar-refractivity contribution in [2.45, 2.75) is 0 Å². The number of hydrogen-bond acceptors (Lipinski definition) is 5. The second-order valence-electron chi connectivity index (χ2n) is 4.67. The van der Waals surface area contributed by atoms with E-state index in [1.807, 2.05) is 6.07 Å². The number of nitrogens with zero attached hydrogens (tertiary/aromatic N) is 1. The maximum Gasteiger partial charge on any atom is 0.253 e. The van der Waals surface area contributed by atoms with Crippen molar-refractivity contribution >= 4 is 43.0 Å². The summed E-state index contributed by atoms with van der Waals surface area (Å²) in [5.74, 6) is -0.326. The molecule has 0 fully saturated rings. The van der Waals surface area contributed by atoms with Gasteiger partial charge in [-0.1, -0.05) is 18.2 Å². The molecule has 0 bridgehead atoms. The Labute approximate surface area is 146 Å². The number of carbonyl (C=O) groups excluding carboxylic acids is 3. The van der Waals surface area contributed by atoms with Crippen molar-refractivity contribution in [1.82, 2.24) is 15.5 Å². The zero-order chi connectivity index (χ0) is 17.1. The predicted octanol–water partition coefficient (Wildman–Crippen LogP) is 0.221. The summed E-state index contributed by atoms with van der Waals surface area (Å²) < 4.78 is 0. The Hall–Kier alpha value is -1.67. The van der Waals surface area contributed by atoms with E-state index in [9.17, 15) is 14.4 Å². The summed E-state index contributed by atoms with van der Waals surface area (Å²) in [6, 6.07) is 8.87. The van der Waals surface area contributed by atoms with Crippen molar-refractivity contribution < 1.29 is 14.4 Å². The monoisotopic (exact) mass is 355 g/mol. The number of amides is 3. The number of carbonyl (C=O) groups is 3. The number of rotatable bonds is 9. The van der Waals surface area contributed by atoms with E-state index >= 15 is 0 Å². The van der Waals surface area contributed by atoms with Gasteiger partial charge in [0.1, 0.15) is 0 Å². The molecule has 0 radical (unpaired) electrons. The number of nitrogens with one attached hydrogen (secondary N) is 2. The standard InChI is InChI=1S/C15H21N3O3S2/c19-13(10-22)16-6-8-18(9-7-17-14(20)11-23)15(21)12-4-2-1-3-5-12/h1-5,22-23H,6-11H2,(H,16,19)(H,17,20). The lowest BCUT2D eigenvalue weighted by molar-refractivity contribution is -0.119. The highest BCUT2D eigenvalue weighted by Gasteiger charge is 2.15. The molecule has 3 amide bonds. The number of benzene rings is 1. The van der Waals surface area contributed by atoms with Crippen molar-refractivity contribution in [3.05, 3.63) is 35.9 Å². The summed E-state index contributed by atoms with van der Waals surface area (Å²) in [4.78, 5) is 36.5. The topological polar surface area (TPSA) is 78.5 Å². The zero-order valence-electron chi connectivity index (χ0n) is 12.7. The lowest BCUT2D eigenvalue weighted by Crippen LogP contribution is -2.43. The molecule has 6 nitrogen and oxygen atoms in total. The molecule has 23 heavy (non-hydrogen) atoms. The van der Waals surface area contributed by atoms with Crippen LogP contribution in [0.4, 0.5) is 0 Å². The van der Waals surface area contributed by atoms with Gasteiger partial charge in [-0.15, -0.1) is 0 Å². The smallest absolute Gasteiger partial charge is 0.253 e. The molecule has 0 aromatic heterocycles. The first kappa shape index (κ1) is 19.4. The maximum absolute atomic E-state index is 12.5. The Bertz CT molecular complexity index is 504. The Balaban J connectivity index is 2.61. The van der Waals surface area contributed by atoms with Gasteiger partial charge in [0.15, 0.2) is 0 Å². The Morgan fingerprint density at radius 2 is 1.35 bits per heavy atom. The molecule has 0 unspecified atom stereocenters. The van der Waals surface area contributed by atoms with E-state index in [-0.39, 0.29) is 29.2 Å². The highest BCUT2D eigenvalue weighted by molar-refractivity contribution is 7.81. The molecule has 0 saturated carbocycles. The lowest BCUT2D eigenvalue weighted by atomic mass is 10.2. The van der Waals surface area contributed by atoms with Crippen molar-refractivity contribution in [3.63, 3.8) is 0 Å². The molecule has 1 aromatic carbocycles. The fraction of sp³-hybridized carbons (Fsp3) is 0.400. The van der Waals surface area contributed by atoms with Crippen LogP contribution >= 0.6 is 25.3 Å². The third-order valence-corrected chi connectivity index (χ3v) is 3.58. The molecule has 0 aliphatic rings. The second-order valence-corrected chi connectivity index (χ2v) is 5.31. The Morgan fingerprint density at radius 1 is 0.870 bits per heavy atom. The molecule has 1 aromatic rings. The van der Waals surface area contributed by atoms with Crippen LogP contribution in [-0.4, -0.2) is 60.3 Å². The van der Waals surface area contributed by atoms with Crippen LogP contribution in [0.15, 0.2) is 30.3 Å². The van der Waals surface area contributed by atoms with Crippen molar-refractivity contribution in [2.24, 2.45) is 0 Å². The summed E-state index contributed by atoms with van der Waals surface area (Å²) in [7, 11) is 0. The molecule has 0 aliphatic heterocycles. The largest absolute Gasteiger partial charge is 0.354 e. The van der Waals surface area contributed by atoms with E-state index in [2.05, 4.69) is 35.9 Å². The van der Waals surface area contributed by atoms with Gasteiger partial charge in [-0.25, -0.2) is 0 Å². The molecule has 8 heteroatoms. The van der Waals surface area contributed by atoms with Gasteiger partial charge in [0.25, 0.3) is 5.91 Å². The minimum absolute atomic E-state index is 0.102. The third kappa shape index (κ3) is 7.43. The highest BCUT2D eigenvalue weighted by Crippen LogP contribution is 2.04. The molecule has 0 heterocycles. The average Bonchev–Trinajstić information content (AvgIpc) is 2.60. The van der Waals surface area contributed by atoms with Crippen LogP contribution in [0.2, 0.25) is 0 Å². The van der Waals surface area contributed by atoms with Gasteiger partial charge in [0.2, 0.25) is 11.8 Å². The molecule has 0 aliphatic carbocycles. The highest BCUT2D eigenvalue weighted by atomic mass is 32.1. The first-order chi connectivity index (χ1) is 11.1. The van der Waals surface area contributed by atoms with Crippen LogP contribution in [0.25, 0.3) is 0 Å². The average molecular weight is 355 g/mol. The van der Waals surface area contributed by atoms with Gasteiger partial charge in [0, 0.05) is 31.7 Å². The molecule has 0 spiro atoms. The summed E-state index contributed by atoms with van der Waals surface area (Å²) >= 11 is 7.76. The summed E-state index contributed by atoms with van der Waals surface area (Å²) in [6.07, 6.45) is 0. The summed E-state index contributed by atoms with van der Waals surface area (Å²) in [5, 5.41) is 5.34. The summed E-state index contributed by atoms with van der Waals surface area (Å²) in [6.45, 7) is 1.37. The van der Waals surface area contributed by atoms with Gasteiger partial charge < -0.3 is 15.5 Å². The third-order valence-electron chi connectivity index (χ3n) is 3.00. The fourth-order valence-electron chi connectivity index (χ4n) is 1.85. The maximum atomic E-state index is 12.5. The van der Waals surface area contributed by atoms with E-state index in [1.165, 1.54) is 0 Å². The van der Waals surface area contributed by atoms with Gasteiger partial charge in [-0.05, 0) is 12.1 Å². The van der Waals surface area contributed by atoms with Crippen LogP contribution in [0.1, 0.15) is 10.4 Å². The zero-order valence-corrected chi connectivity index (χ0v) is 14.5. The van der Waals surface area contributed by atoms with E-state index in [4.69, 9.17) is 0 Å². The van der Waals surface area contributed by atoms with Gasteiger partial charge >= 0.3 is 0 Å². The van der Waals surface area contributed by atoms with E-state index in [1.54, 1.807) is 29.2 Å². The molecular weight excluding hydrogens is 334 g/mol. The van der Waals surface area contributed by atoms with Crippen LogP contribution in [0, 0.1) is 0 Å². The second kappa shape index (κ2) is 11.0. The van der Waals surface area contributed by atoms with Gasteiger partial charge in [0.05, 0.1) is 11.5 Å². The van der Waals surface area contributed by atoms with Crippen molar-refractivity contribution in [1.29, 1.82) is 0 Å². The SMILES string of the molecule is O=C(CS)NCCN(CCNC(=O)CS)C(=O)c1ccccc1. The minimum atomic E-state index is -0.191. The van der Waals surface area contributed by atoms with Crippen molar-refractivity contribution in [2.75, 3.05) is 37.7 Å².